The highest BCUT2D eigenvalue weighted by Gasteiger charge is 2.25. The fourth-order valence-electron chi connectivity index (χ4n) is 3.46. The number of carbonyl (C=O) groups is 1. The molecule has 1 aliphatic rings. The normalized spacial score (nSPS) is 15.7. The van der Waals surface area contributed by atoms with Crippen LogP contribution < -0.4 is 5.73 Å². The van der Waals surface area contributed by atoms with E-state index < -0.39 is 0 Å². The second-order valence-electron chi connectivity index (χ2n) is 6.78. The van der Waals surface area contributed by atoms with Crippen molar-refractivity contribution in [2.24, 2.45) is 11.7 Å². The molecule has 0 saturated carbocycles. The van der Waals surface area contributed by atoms with Gasteiger partial charge >= 0.3 is 0 Å². The van der Waals surface area contributed by atoms with Crippen molar-refractivity contribution in [1.29, 1.82) is 0 Å². The molecule has 2 aromatic heterocycles. The summed E-state index contributed by atoms with van der Waals surface area (Å²) in [5.74, 6) is 0.652. The van der Waals surface area contributed by atoms with Gasteiger partial charge < -0.3 is 10.6 Å². The zero-order valence-corrected chi connectivity index (χ0v) is 16.2. The molecule has 3 heterocycles. The number of nitrogens with zero attached hydrogens (tertiary/aromatic N) is 3. The zero-order chi connectivity index (χ0) is 18.3. The van der Waals surface area contributed by atoms with Crippen molar-refractivity contribution < 1.29 is 4.79 Å². The summed E-state index contributed by atoms with van der Waals surface area (Å²) in [7, 11) is 0. The van der Waals surface area contributed by atoms with E-state index in [-0.39, 0.29) is 5.91 Å². The number of likely N-dealkylation sites (tertiary alicyclic amines) is 1. The second kappa shape index (κ2) is 7.02. The molecule has 136 valence electrons. The number of aromatic nitrogens is 2. The van der Waals surface area contributed by atoms with Crippen LogP contribution in [0.5, 0.6) is 0 Å². The van der Waals surface area contributed by atoms with E-state index in [2.05, 4.69) is 5.10 Å². The Bertz CT molecular complexity index is 956. The zero-order valence-electron chi connectivity index (χ0n) is 14.6. The molecular formula is C19H21ClN4OS. The number of amides is 1. The number of carbonyl (C=O) groups excluding carboxylic acids is 1. The number of thiophene rings is 1. The number of nitrogens with two attached hydrogens (primary N) is 1. The number of rotatable bonds is 3. The predicted molar refractivity (Wildman–Crippen MR) is 106 cm³/mol. The summed E-state index contributed by atoms with van der Waals surface area (Å²) in [5.41, 5.74) is 7.57. The summed E-state index contributed by atoms with van der Waals surface area (Å²) in [6.45, 7) is 4.25. The third-order valence-electron chi connectivity index (χ3n) is 5.04. The maximum atomic E-state index is 12.9. The Morgan fingerprint density at radius 1 is 1.35 bits per heavy atom. The third kappa shape index (κ3) is 3.13. The van der Waals surface area contributed by atoms with E-state index in [1.54, 1.807) is 0 Å². The molecule has 1 fully saturated rings. The first-order chi connectivity index (χ1) is 12.6. The smallest absolute Gasteiger partial charge is 0.264 e. The van der Waals surface area contributed by atoms with Crippen LogP contribution in [0.2, 0.25) is 5.02 Å². The minimum atomic E-state index is 0.110. The van der Waals surface area contributed by atoms with Crippen LogP contribution in [-0.2, 0) is 0 Å². The Labute approximate surface area is 161 Å². The van der Waals surface area contributed by atoms with E-state index >= 15 is 0 Å². The molecule has 0 bridgehead atoms. The molecule has 1 aliphatic heterocycles. The molecule has 1 aromatic carbocycles. The van der Waals surface area contributed by atoms with Crippen molar-refractivity contribution in [2.45, 2.75) is 19.8 Å². The SMILES string of the molecule is Cc1nn(-c2cccc(Cl)c2)c2sc(C(=O)N3CCC(CN)CC3)cc12. The van der Waals surface area contributed by atoms with E-state index in [1.165, 1.54) is 11.3 Å². The van der Waals surface area contributed by atoms with Gasteiger partial charge in [-0.2, -0.15) is 5.10 Å². The van der Waals surface area contributed by atoms with Crippen LogP contribution in [-0.4, -0.2) is 40.2 Å². The maximum Gasteiger partial charge on any atom is 0.264 e. The van der Waals surface area contributed by atoms with Crippen LogP contribution in [0.4, 0.5) is 0 Å². The van der Waals surface area contributed by atoms with E-state index in [0.29, 0.717) is 17.5 Å². The van der Waals surface area contributed by atoms with Gasteiger partial charge in [-0.15, -0.1) is 11.3 Å². The summed E-state index contributed by atoms with van der Waals surface area (Å²) >= 11 is 7.62. The van der Waals surface area contributed by atoms with Crippen LogP contribution in [0.3, 0.4) is 0 Å². The lowest BCUT2D eigenvalue weighted by atomic mass is 9.97. The summed E-state index contributed by atoms with van der Waals surface area (Å²) in [6.07, 6.45) is 1.98. The summed E-state index contributed by atoms with van der Waals surface area (Å²) in [6, 6.07) is 9.57. The number of aryl methyl sites for hydroxylation is 1. The molecule has 0 aliphatic carbocycles. The molecule has 2 N–H and O–H groups in total. The van der Waals surface area contributed by atoms with Crippen molar-refractivity contribution in [3.05, 3.63) is 45.9 Å². The lowest BCUT2D eigenvalue weighted by Gasteiger charge is -2.31. The predicted octanol–water partition coefficient (Wildman–Crippen LogP) is 3.86. The number of benzene rings is 1. The lowest BCUT2D eigenvalue weighted by Crippen LogP contribution is -2.39. The summed E-state index contributed by atoms with van der Waals surface area (Å²) in [5, 5.41) is 6.31. The lowest BCUT2D eigenvalue weighted by molar-refractivity contribution is 0.0698. The number of halogens is 1. The average molecular weight is 389 g/mol. The first kappa shape index (κ1) is 17.5. The van der Waals surface area contributed by atoms with Gasteiger partial charge in [0.05, 0.1) is 16.3 Å². The largest absolute Gasteiger partial charge is 0.338 e. The van der Waals surface area contributed by atoms with Crippen LogP contribution in [0.25, 0.3) is 15.9 Å². The fraction of sp³-hybridized carbons (Fsp3) is 0.368. The molecule has 0 unspecified atom stereocenters. The van der Waals surface area contributed by atoms with Crippen molar-refractivity contribution >= 4 is 39.1 Å². The Kier molecular flexibility index (Phi) is 4.73. The third-order valence-corrected chi connectivity index (χ3v) is 6.38. The Morgan fingerprint density at radius 3 is 2.81 bits per heavy atom. The van der Waals surface area contributed by atoms with Crippen molar-refractivity contribution in [2.75, 3.05) is 19.6 Å². The first-order valence-corrected chi connectivity index (χ1v) is 10.0. The van der Waals surface area contributed by atoms with Gasteiger partial charge in [-0.25, -0.2) is 4.68 Å². The molecule has 1 saturated heterocycles. The van der Waals surface area contributed by atoms with Crippen LogP contribution in [0, 0.1) is 12.8 Å². The molecule has 26 heavy (non-hydrogen) atoms. The number of hydrogen-bond donors (Lipinski definition) is 1. The van der Waals surface area contributed by atoms with Gasteiger partial charge in [-0.1, -0.05) is 17.7 Å². The minimum absolute atomic E-state index is 0.110. The van der Waals surface area contributed by atoms with E-state index in [1.807, 2.05) is 46.8 Å². The summed E-state index contributed by atoms with van der Waals surface area (Å²) in [4.78, 5) is 16.6. The van der Waals surface area contributed by atoms with E-state index in [0.717, 1.165) is 52.4 Å². The van der Waals surface area contributed by atoms with Gasteiger partial charge in [0.25, 0.3) is 5.91 Å². The van der Waals surface area contributed by atoms with Crippen molar-refractivity contribution in [1.82, 2.24) is 14.7 Å². The van der Waals surface area contributed by atoms with E-state index in [4.69, 9.17) is 17.3 Å². The number of hydrogen-bond acceptors (Lipinski definition) is 4. The molecule has 0 spiro atoms. The average Bonchev–Trinajstić information content (AvgIpc) is 3.22. The molecule has 5 nitrogen and oxygen atoms in total. The van der Waals surface area contributed by atoms with Gasteiger partial charge in [0, 0.05) is 23.5 Å². The van der Waals surface area contributed by atoms with Gasteiger partial charge in [0.15, 0.2) is 0 Å². The van der Waals surface area contributed by atoms with E-state index in [9.17, 15) is 4.79 Å². The van der Waals surface area contributed by atoms with Crippen LogP contribution in [0.1, 0.15) is 28.2 Å². The van der Waals surface area contributed by atoms with Gasteiger partial charge in [0.2, 0.25) is 0 Å². The number of piperidine rings is 1. The Hall–Kier alpha value is -1.89. The fourth-order valence-corrected chi connectivity index (χ4v) is 4.80. The topological polar surface area (TPSA) is 64.2 Å². The summed E-state index contributed by atoms with van der Waals surface area (Å²) < 4.78 is 1.87. The monoisotopic (exact) mass is 388 g/mol. The van der Waals surface area contributed by atoms with Gasteiger partial charge in [-0.05, 0) is 56.5 Å². The van der Waals surface area contributed by atoms with Crippen LogP contribution >= 0.6 is 22.9 Å². The van der Waals surface area contributed by atoms with Gasteiger partial charge in [-0.3, -0.25) is 4.79 Å². The minimum Gasteiger partial charge on any atom is -0.338 e. The molecule has 1 amide bonds. The molecule has 7 heteroatoms. The highest BCUT2D eigenvalue weighted by Crippen LogP contribution is 2.32. The van der Waals surface area contributed by atoms with Crippen molar-refractivity contribution in [3.8, 4) is 5.69 Å². The van der Waals surface area contributed by atoms with Crippen LogP contribution in [0.15, 0.2) is 30.3 Å². The van der Waals surface area contributed by atoms with Crippen molar-refractivity contribution in [3.63, 3.8) is 0 Å². The molecule has 3 aromatic rings. The highest BCUT2D eigenvalue weighted by atomic mass is 35.5. The highest BCUT2D eigenvalue weighted by molar-refractivity contribution is 7.20. The number of fused-ring (bicyclic) bond motifs is 1. The quantitative estimate of drug-likeness (QED) is 0.740. The first-order valence-electron chi connectivity index (χ1n) is 8.81. The van der Waals surface area contributed by atoms with Gasteiger partial charge in [0.1, 0.15) is 4.83 Å². The standard InChI is InChI=1S/C19H21ClN4OS/c1-12-16-10-17(18(25)23-7-5-13(11-21)6-8-23)26-19(16)24(22-12)15-4-2-3-14(20)9-15/h2-4,9-10,13H,5-8,11,21H2,1H3. The molecule has 4 rings (SSSR count). The Balaban J connectivity index is 1.66. The molecular weight excluding hydrogens is 368 g/mol. The second-order valence-corrected chi connectivity index (χ2v) is 8.24. The Morgan fingerprint density at radius 2 is 2.12 bits per heavy atom. The molecule has 0 atom stereocenters. The maximum absolute atomic E-state index is 12.9. The molecule has 0 radical (unpaired) electrons.